The summed E-state index contributed by atoms with van der Waals surface area (Å²) in [4.78, 5) is 4.40. The summed E-state index contributed by atoms with van der Waals surface area (Å²) in [5.74, 6) is 2.90. The van der Waals surface area contributed by atoms with Crippen LogP contribution in [-0.2, 0) is 17.0 Å². The van der Waals surface area contributed by atoms with Crippen molar-refractivity contribution < 1.29 is 4.52 Å². The fourth-order valence-electron chi connectivity index (χ4n) is 2.13. The molecule has 1 heterocycles. The molecule has 1 aliphatic rings. The third-order valence-electron chi connectivity index (χ3n) is 3.57. The van der Waals surface area contributed by atoms with Gasteiger partial charge in [0.25, 0.3) is 0 Å². The molecule has 1 aliphatic carbocycles. The second-order valence-corrected chi connectivity index (χ2v) is 6.56. The summed E-state index contributed by atoms with van der Waals surface area (Å²) in [5.41, 5.74) is 7.05. The summed E-state index contributed by atoms with van der Waals surface area (Å²) in [6.07, 6.45) is 3.04. The lowest BCUT2D eigenvalue weighted by Gasteiger charge is -2.34. The van der Waals surface area contributed by atoms with Gasteiger partial charge in [-0.15, -0.1) is 11.8 Å². The molecule has 2 N–H and O–H groups in total. The van der Waals surface area contributed by atoms with Gasteiger partial charge in [0.15, 0.2) is 5.82 Å². The summed E-state index contributed by atoms with van der Waals surface area (Å²) >= 11 is 7.59. The molecular weight excluding hydrogens is 294 g/mol. The molecule has 1 aromatic carbocycles. The van der Waals surface area contributed by atoms with Crippen molar-refractivity contribution in [1.29, 1.82) is 0 Å². The molecule has 0 unspecified atom stereocenters. The molecule has 1 fully saturated rings. The minimum Gasteiger partial charge on any atom is -0.338 e. The van der Waals surface area contributed by atoms with Crippen molar-refractivity contribution in [3.63, 3.8) is 0 Å². The average Bonchev–Trinajstić information content (AvgIpc) is 2.87. The molecule has 0 bridgehead atoms. The molecule has 1 saturated carbocycles. The van der Waals surface area contributed by atoms with Crippen LogP contribution in [0.15, 0.2) is 28.8 Å². The Morgan fingerprint density at radius 3 is 2.65 bits per heavy atom. The molecule has 0 spiro atoms. The number of benzene rings is 1. The van der Waals surface area contributed by atoms with E-state index in [9.17, 15) is 0 Å². The second kappa shape index (κ2) is 5.76. The van der Waals surface area contributed by atoms with E-state index in [0.717, 1.165) is 30.0 Å². The highest BCUT2D eigenvalue weighted by Crippen LogP contribution is 2.37. The molecule has 0 saturated heterocycles. The zero-order chi connectivity index (χ0) is 14.0. The van der Waals surface area contributed by atoms with Crippen LogP contribution in [0.5, 0.6) is 0 Å². The standard InChI is InChI=1S/C14H16ClN3OS/c15-11-4-2-10(3-5-11)8-20-9-12-17-13(18-19-12)14(16)6-1-7-14/h2-5H,1,6-9,16H2. The first-order valence-electron chi connectivity index (χ1n) is 6.60. The monoisotopic (exact) mass is 309 g/mol. The molecule has 20 heavy (non-hydrogen) atoms. The topological polar surface area (TPSA) is 64.9 Å². The van der Waals surface area contributed by atoms with E-state index in [1.165, 1.54) is 5.56 Å². The summed E-state index contributed by atoms with van der Waals surface area (Å²) in [6.45, 7) is 0. The molecule has 3 rings (SSSR count). The van der Waals surface area contributed by atoms with Gasteiger partial charge in [-0.1, -0.05) is 28.9 Å². The Balaban J connectivity index is 1.52. The number of halogens is 1. The van der Waals surface area contributed by atoms with Crippen LogP contribution in [0.1, 0.15) is 36.5 Å². The van der Waals surface area contributed by atoms with Gasteiger partial charge in [0.2, 0.25) is 5.89 Å². The Kier molecular flexibility index (Phi) is 4.01. The smallest absolute Gasteiger partial charge is 0.236 e. The first-order valence-corrected chi connectivity index (χ1v) is 8.13. The minimum absolute atomic E-state index is 0.345. The third kappa shape index (κ3) is 3.00. The van der Waals surface area contributed by atoms with Crippen LogP contribution in [0.3, 0.4) is 0 Å². The number of hydrogen-bond donors (Lipinski definition) is 1. The van der Waals surface area contributed by atoms with Crippen molar-refractivity contribution in [2.24, 2.45) is 5.73 Å². The minimum atomic E-state index is -0.345. The first kappa shape index (κ1) is 13.9. The third-order valence-corrected chi connectivity index (χ3v) is 4.81. The fourth-order valence-corrected chi connectivity index (χ4v) is 3.08. The van der Waals surface area contributed by atoms with Gasteiger partial charge in [-0.3, -0.25) is 0 Å². The second-order valence-electron chi connectivity index (χ2n) is 5.14. The maximum absolute atomic E-state index is 6.17. The van der Waals surface area contributed by atoms with Gasteiger partial charge in [0.1, 0.15) is 0 Å². The average molecular weight is 310 g/mol. The van der Waals surface area contributed by atoms with Crippen molar-refractivity contribution in [3.8, 4) is 0 Å². The van der Waals surface area contributed by atoms with E-state index in [-0.39, 0.29) is 5.54 Å². The Morgan fingerprint density at radius 2 is 2.00 bits per heavy atom. The van der Waals surface area contributed by atoms with Gasteiger partial charge in [-0.25, -0.2) is 0 Å². The van der Waals surface area contributed by atoms with Crippen LogP contribution in [0, 0.1) is 0 Å². The molecular formula is C14H16ClN3OS. The van der Waals surface area contributed by atoms with Gasteiger partial charge >= 0.3 is 0 Å². The van der Waals surface area contributed by atoms with Crippen LogP contribution in [0.4, 0.5) is 0 Å². The molecule has 4 nitrogen and oxygen atoms in total. The largest absolute Gasteiger partial charge is 0.338 e. The van der Waals surface area contributed by atoms with E-state index in [1.807, 2.05) is 24.3 Å². The zero-order valence-corrected chi connectivity index (χ0v) is 12.6. The number of hydrogen-bond acceptors (Lipinski definition) is 5. The van der Waals surface area contributed by atoms with Gasteiger partial charge < -0.3 is 10.3 Å². The van der Waals surface area contributed by atoms with E-state index in [0.29, 0.717) is 17.5 Å². The van der Waals surface area contributed by atoms with Crippen LogP contribution in [0.25, 0.3) is 0 Å². The highest BCUT2D eigenvalue weighted by molar-refractivity contribution is 7.97. The van der Waals surface area contributed by atoms with Gasteiger partial charge in [0, 0.05) is 10.8 Å². The molecule has 106 valence electrons. The normalized spacial score (nSPS) is 16.9. The number of nitrogens with two attached hydrogens (primary N) is 1. The summed E-state index contributed by atoms with van der Waals surface area (Å²) < 4.78 is 5.26. The number of aromatic nitrogens is 2. The zero-order valence-electron chi connectivity index (χ0n) is 11.0. The van der Waals surface area contributed by atoms with Gasteiger partial charge in [-0.05, 0) is 37.0 Å². The van der Waals surface area contributed by atoms with E-state index < -0.39 is 0 Å². The molecule has 0 atom stereocenters. The molecule has 0 radical (unpaired) electrons. The highest BCUT2D eigenvalue weighted by Gasteiger charge is 2.38. The Hall–Kier alpha value is -1.04. The van der Waals surface area contributed by atoms with E-state index in [1.54, 1.807) is 11.8 Å². The maximum Gasteiger partial charge on any atom is 0.236 e. The summed E-state index contributed by atoms with van der Waals surface area (Å²) in [5, 5.41) is 4.76. The molecule has 1 aromatic heterocycles. The highest BCUT2D eigenvalue weighted by atomic mass is 35.5. The number of thioether (sulfide) groups is 1. The molecule has 0 amide bonds. The van der Waals surface area contributed by atoms with Crippen molar-refractivity contribution in [1.82, 2.24) is 10.1 Å². The lowest BCUT2D eigenvalue weighted by Crippen LogP contribution is -2.44. The van der Waals surface area contributed by atoms with Crippen LogP contribution in [0.2, 0.25) is 5.02 Å². The quantitative estimate of drug-likeness (QED) is 0.915. The van der Waals surface area contributed by atoms with Gasteiger partial charge in [0.05, 0.1) is 11.3 Å². The first-order chi connectivity index (χ1) is 9.66. The van der Waals surface area contributed by atoms with Crippen LogP contribution >= 0.6 is 23.4 Å². The van der Waals surface area contributed by atoms with Crippen molar-refractivity contribution in [2.75, 3.05) is 0 Å². The lowest BCUT2D eigenvalue weighted by molar-refractivity contribution is 0.229. The summed E-state index contributed by atoms with van der Waals surface area (Å²) in [7, 11) is 0. The molecule has 2 aromatic rings. The number of nitrogens with zero attached hydrogens (tertiary/aromatic N) is 2. The predicted molar refractivity (Wildman–Crippen MR) is 80.5 cm³/mol. The number of rotatable bonds is 5. The Morgan fingerprint density at radius 1 is 1.25 bits per heavy atom. The van der Waals surface area contributed by atoms with E-state index >= 15 is 0 Å². The van der Waals surface area contributed by atoms with E-state index in [2.05, 4.69) is 10.1 Å². The van der Waals surface area contributed by atoms with Crippen molar-refractivity contribution >= 4 is 23.4 Å². The molecule has 0 aliphatic heterocycles. The molecule has 6 heteroatoms. The van der Waals surface area contributed by atoms with E-state index in [4.69, 9.17) is 21.9 Å². The Labute approximate surface area is 127 Å². The summed E-state index contributed by atoms with van der Waals surface area (Å²) in [6, 6.07) is 7.85. The maximum atomic E-state index is 6.17. The Bertz CT molecular complexity index is 580. The SMILES string of the molecule is NC1(c2noc(CSCc3ccc(Cl)cc3)n2)CCC1. The predicted octanol–water partition coefficient (Wildman–Crippen LogP) is 3.49. The fraction of sp³-hybridized carbons (Fsp3) is 0.429. The lowest BCUT2D eigenvalue weighted by atomic mass is 9.77. The van der Waals surface area contributed by atoms with Crippen LogP contribution in [-0.4, -0.2) is 10.1 Å². The van der Waals surface area contributed by atoms with Gasteiger partial charge in [-0.2, -0.15) is 4.98 Å². The van der Waals surface area contributed by atoms with Crippen molar-refractivity contribution in [2.45, 2.75) is 36.3 Å². The van der Waals surface area contributed by atoms with Crippen molar-refractivity contribution in [3.05, 3.63) is 46.6 Å². The van der Waals surface area contributed by atoms with Crippen LogP contribution < -0.4 is 5.73 Å².